The van der Waals surface area contributed by atoms with E-state index in [9.17, 15) is 4.79 Å². The van der Waals surface area contributed by atoms with Crippen LogP contribution in [0.2, 0.25) is 0 Å². The maximum atomic E-state index is 12.3. The van der Waals surface area contributed by atoms with Gasteiger partial charge in [0.1, 0.15) is 0 Å². The number of amides is 1. The first kappa shape index (κ1) is 13.5. The van der Waals surface area contributed by atoms with Gasteiger partial charge in [-0.25, -0.2) is 0 Å². The molecule has 0 atom stereocenters. The number of anilines is 1. The topological polar surface area (TPSA) is 83.8 Å². The molecule has 0 aliphatic heterocycles. The fourth-order valence-electron chi connectivity index (χ4n) is 3.35. The summed E-state index contributed by atoms with van der Waals surface area (Å²) in [4.78, 5) is 12.3. The van der Waals surface area contributed by atoms with Gasteiger partial charge in [-0.05, 0) is 37.5 Å². The van der Waals surface area contributed by atoms with Crippen LogP contribution in [-0.4, -0.2) is 22.6 Å². The summed E-state index contributed by atoms with van der Waals surface area (Å²) >= 11 is 0. The zero-order valence-corrected chi connectivity index (χ0v) is 12.2. The molecule has 1 heterocycles. The fourth-order valence-corrected chi connectivity index (χ4v) is 3.35. The third-order valence-corrected chi connectivity index (χ3v) is 5.07. The van der Waals surface area contributed by atoms with E-state index < -0.39 is 0 Å². The number of H-pyrrole nitrogens is 1. The number of aromatic amines is 1. The fraction of sp³-hybridized carbons (Fsp3) is 0.733. The Hall–Kier alpha value is -1.52. The van der Waals surface area contributed by atoms with Crippen LogP contribution in [0.4, 0.5) is 5.69 Å². The normalized spacial score (nSPS) is 21.1. The van der Waals surface area contributed by atoms with Crippen LogP contribution >= 0.6 is 0 Å². The van der Waals surface area contributed by atoms with E-state index >= 15 is 0 Å². The molecule has 0 aromatic carbocycles. The third kappa shape index (κ3) is 2.41. The summed E-state index contributed by atoms with van der Waals surface area (Å²) in [6.45, 7) is 2.96. The Morgan fingerprint density at radius 3 is 2.75 bits per heavy atom. The Morgan fingerprint density at radius 1 is 1.45 bits per heavy atom. The summed E-state index contributed by atoms with van der Waals surface area (Å²) < 4.78 is 0. The SMILES string of the molecule is CCC1(CNC(=O)c2n[nH]c(C3CC3)c2N)CCCC1. The number of carbonyl (C=O) groups excluding carboxylic acids is 1. The summed E-state index contributed by atoms with van der Waals surface area (Å²) in [5, 5.41) is 10.1. The molecule has 2 saturated carbocycles. The van der Waals surface area contributed by atoms with Crippen LogP contribution in [0.1, 0.15) is 74.0 Å². The monoisotopic (exact) mass is 276 g/mol. The number of nitrogens with one attached hydrogen (secondary N) is 2. The minimum absolute atomic E-state index is 0.134. The number of nitrogens with zero attached hydrogens (tertiary/aromatic N) is 1. The molecule has 2 fully saturated rings. The van der Waals surface area contributed by atoms with Crippen molar-refractivity contribution in [1.29, 1.82) is 0 Å². The zero-order valence-electron chi connectivity index (χ0n) is 12.2. The van der Waals surface area contributed by atoms with E-state index in [-0.39, 0.29) is 5.91 Å². The smallest absolute Gasteiger partial charge is 0.273 e. The zero-order chi connectivity index (χ0) is 14.2. The minimum atomic E-state index is -0.134. The molecule has 1 aromatic heterocycles. The Bertz CT molecular complexity index is 498. The number of hydrogen-bond donors (Lipinski definition) is 3. The lowest BCUT2D eigenvalue weighted by molar-refractivity contribution is 0.0924. The highest BCUT2D eigenvalue weighted by Crippen LogP contribution is 2.42. The van der Waals surface area contributed by atoms with E-state index in [4.69, 9.17) is 5.73 Å². The van der Waals surface area contributed by atoms with Crippen molar-refractivity contribution in [1.82, 2.24) is 15.5 Å². The quantitative estimate of drug-likeness (QED) is 0.772. The molecule has 110 valence electrons. The molecule has 0 radical (unpaired) electrons. The first-order valence-electron chi connectivity index (χ1n) is 7.77. The van der Waals surface area contributed by atoms with Gasteiger partial charge in [0, 0.05) is 12.5 Å². The predicted molar refractivity (Wildman–Crippen MR) is 78.5 cm³/mol. The number of rotatable bonds is 5. The predicted octanol–water partition coefficient (Wildman–Crippen LogP) is 2.57. The second-order valence-electron chi connectivity index (χ2n) is 6.42. The summed E-state index contributed by atoms with van der Waals surface area (Å²) in [6.07, 6.45) is 8.40. The largest absolute Gasteiger partial charge is 0.395 e. The van der Waals surface area contributed by atoms with Crippen molar-refractivity contribution >= 4 is 11.6 Å². The number of nitrogen functional groups attached to an aromatic ring is 1. The van der Waals surface area contributed by atoms with Gasteiger partial charge in [0.05, 0.1) is 11.4 Å². The number of nitrogens with two attached hydrogens (primary N) is 1. The average Bonchev–Trinajstić information content (AvgIpc) is 3.06. The Morgan fingerprint density at radius 2 is 2.15 bits per heavy atom. The molecule has 1 amide bonds. The second-order valence-corrected chi connectivity index (χ2v) is 6.42. The van der Waals surface area contributed by atoms with Crippen molar-refractivity contribution in [3.05, 3.63) is 11.4 Å². The molecule has 2 aliphatic carbocycles. The standard InChI is InChI=1S/C15H24N4O/c1-2-15(7-3-4-8-15)9-17-14(20)13-11(16)12(18-19-13)10-5-6-10/h10H,2-9,16H2,1H3,(H,17,20)(H,18,19). The van der Waals surface area contributed by atoms with Gasteiger partial charge in [-0.15, -0.1) is 0 Å². The van der Waals surface area contributed by atoms with Crippen molar-refractivity contribution in [3.63, 3.8) is 0 Å². The van der Waals surface area contributed by atoms with Crippen LogP contribution in [0.3, 0.4) is 0 Å². The molecule has 4 N–H and O–H groups in total. The molecule has 5 nitrogen and oxygen atoms in total. The highest BCUT2D eigenvalue weighted by atomic mass is 16.1. The third-order valence-electron chi connectivity index (χ3n) is 5.07. The van der Waals surface area contributed by atoms with Crippen molar-refractivity contribution in [2.24, 2.45) is 5.41 Å². The molecule has 0 spiro atoms. The Balaban J connectivity index is 1.64. The van der Waals surface area contributed by atoms with E-state index in [1.54, 1.807) is 0 Å². The van der Waals surface area contributed by atoms with Crippen LogP contribution in [0.15, 0.2) is 0 Å². The molecule has 0 unspecified atom stereocenters. The van der Waals surface area contributed by atoms with Crippen LogP contribution in [0, 0.1) is 5.41 Å². The van der Waals surface area contributed by atoms with E-state index in [0.717, 1.165) is 31.5 Å². The number of carbonyl (C=O) groups is 1. The number of aromatic nitrogens is 2. The van der Waals surface area contributed by atoms with Gasteiger partial charge in [-0.3, -0.25) is 9.89 Å². The Labute approximate surface area is 119 Å². The van der Waals surface area contributed by atoms with Gasteiger partial charge in [0.15, 0.2) is 5.69 Å². The average molecular weight is 276 g/mol. The summed E-state index contributed by atoms with van der Waals surface area (Å²) in [5.74, 6) is 0.353. The first-order chi connectivity index (χ1) is 9.65. The highest BCUT2D eigenvalue weighted by molar-refractivity contribution is 5.97. The molecule has 0 saturated heterocycles. The van der Waals surface area contributed by atoms with Gasteiger partial charge in [0.25, 0.3) is 5.91 Å². The first-order valence-corrected chi connectivity index (χ1v) is 7.77. The molecule has 3 rings (SSSR count). The number of hydrogen-bond acceptors (Lipinski definition) is 3. The van der Waals surface area contributed by atoms with Crippen molar-refractivity contribution < 1.29 is 4.79 Å². The minimum Gasteiger partial charge on any atom is -0.395 e. The van der Waals surface area contributed by atoms with E-state index in [0.29, 0.717) is 22.7 Å². The van der Waals surface area contributed by atoms with Gasteiger partial charge < -0.3 is 11.1 Å². The van der Waals surface area contributed by atoms with Crippen LogP contribution in [0.5, 0.6) is 0 Å². The van der Waals surface area contributed by atoms with Gasteiger partial charge in [-0.1, -0.05) is 19.8 Å². The van der Waals surface area contributed by atoms with Gasteiger partial charge in [-0.2, -0.15) is 5.10 Å². The molecule has 1 aromatic rings. The van der Waals surface area contributed by atoms with Crippen LogP contribution in [0.25, 0.3) is 0 Å². The van der Waals surface area contributed by atoms with Crippen molar-refractivity contribution in [2.45, 2.75) is 57.8 Å². The lowest BCUT2D eigenvalue weighted by Gasteiger charge is -2.27. The molecule has 20 heavy (non-hydrogen) atoms. The van der Waals surface area contributed by atoms with E-state index in [2.05, 4.69) is 22.4 Å². The summed E-state index contributed by atoms with van der Waals surface area (Å²) in [6, 6.07) is 0. The lowest BCUT2D eigenvalue weighted by atomic mass is 9.83. The van der Waals surface area contributed by atoms with E-state index in [1.165, 1.54) is 25.7 Å². The molecular weight excluding hydrogens is 252 g/mol. The summed E-state index contributed by atoms with van der Waals surface area (Å²) in [7, 11) is 0. The molecular formula is C15H24N4O. The van der Waals surface area contributed by atoms with Crippen LogP contribution < -0.4 is 11.1 Å². The highest BCUT2D eigenvalue weighted by Gasteiger charge is 2.34. The molecule has 0 bridgehead atoms. The van der Waals surface area contributed by atoms with Gasteiger partial charge >= 0.3 is 0 Å². The maximum absolute atomic E-state index is 12.3. The van der Waals surface area contributed by atoms with Crippen molar-refractivity contribution in [3.8, 4) is 0 Å². The van der Waals surface area contributed by atoms with Gasteiger partial charge in [0.2, 0.25) is 0 Å². The molecule has 2 aliphatic rings. The molecule has 5 heteroatoms. The van der Waals surface area contributed by atoms with Crippen molar-refractivity contribution in [2.75, 3.05) is 12.3 Å². The maximum Gasteiger partial charge on any atom is 0.273 e. The lowest BCUT2D eigenvalue weighted by Crippen LogP contribution is -2.36. The Kier molecular flexibility index (Phi) is 3.44. The van der Waals surface area contributed by atoms with Crippen LogP contribution in [-0.2, 0) is 0 Å². The van der Waals surface area contributed by atoms with E-state index in [1.807, 2.05) is 0 Å². The summed E-state index contributed by atoms with van der Waals surface area (Å²) in [5.41, 5.74) is 8.19. The second kappa shape index (κ2) is 5.11.